The fourth-order valence-electron chi connectivity index (χ4n) is 3.21. The quantitative estimate of drug-likeness (QED) is 0.785. The van der Waals surface area contributed by atoms with Crippen LogP contribution in [0.1, 0.15) is 57.8 Å². The van der Waals surface area contributed by atoms with Gasteiger partial charge in [-0.1, -0.05) is 25.5 Å². The molecule has 1 aliphatic rings. The number of urea groups is 1. The van der Waals surface area contributed by atoms with Crippen molar-refractivity contribution >= 4 is 23.6 Å². The summed E-state index contributed by atoms with van der Waals surface area (Å²) in [6.07, 6.45) is 1.35. The number of nitrogens with one attached hydrogen (secondary N) is 1. The lowest BCUT2D eigenvalue weighted by Gasteiger charge is -2.41. The van der Waals surface area contributed by atoms with Gasteiger partial charge in [-0.05, 0) is 46.2 Å². The predicted octanol–water partition coefficient (Wildman–Crippen LogP) is 4.14. The van der Waals surface area contributed by atoms with Gasteiger partial charge >= 0.3 is 12.1 Å². The van der Waals surface area contributed by atoms with E-state index in [-0.39, 0.29) is 23.9 Å². The average Bonchev–Trinajstić information content (AvgIpc) is 2.60. The minimum atomic E-state index is -0.548. The zero-order chi connectivity index (χ0) is 20.9. The maximum absolute atomic E-state index is 12.8. The monoisotopic (exact) mass is 389 g/mol. The lowest BCUT2D eigenvalue weighted by atomic mass is 10.1. The molecule has 0 saturated carbocycles. The first-order valence-corrected chi connectivity index (χ1v) is 9.77. The number of carbonyl (C=O) groups excluding carboxylic acids is 3. The zero-order valence-corrected chi connectivity index (χ0v) is 17.4. The van der Waals surface area contributed by atoms with E-state index in [1.165, 1.54) is 6.92 Å². The van der Waals surface area contributed by atoms with Gasteiger partial charge in [0.15, 0.2) is 5.78 Å². The van der Waals surface area contributed by atoms with Crippen molar-refractivity contribution in [3.8, 4) is 0 Å². The standard InChI is InChI=1S/C21H31N3O4/c1-6-8-18-14-23(20(27)28-21(3,4)5)11-12-24(18)19(26)22-17-10-7-9-16(13-17)15(2)25/h7,9-10,13,18H,6,8,11-12,14H2,1-5H3,(H,22,26)/t18-/m1/s1. The molecule has 0 aromatic heterocycles. The van der Waals surface area contributed by atoms with Crippen molar-refractivity contribution in [1.29, 1.82) is 0 Å². The first kappa shape index (κ1) is 21.7. The molecule has 1 heterocycles. The van der Waals surface area contributed by atoms with E-state index in [4.69, 9.17) is 4.74 Å². The summed E-state index contributed by atoms with van der Waals surface area (Å²) in [5, 5.41) is 2.88. The van der Waals surface area contributed by atoms with Crippen molar-refractivity contribution in [2.24, 2.45) is 0 Å². The molecule has 7 nitrogen and oxygen atoms in total. The van der Waals surface area contributed by atoms with Gasteiger partial charge in [-0.25, -0.2) is 9.59 Å². The number of benzene rings is 1. The van der Waals surface area contributed by atoms with Crippen LogP contribution in [-0.4, -0.2) is 59.0 Å². The minimum Gasteiger partial charge on any atom is -0.444 e. The Hall–Kier alpha value is -2.57. The van der Waals surface area contributed by atoms with E-state index in [0.717, 1.165) is 12.8 Å². The molecule has 0 aliphatic carbocycles. The van der Waals surface area contributed by atoms with Crippen LogP contribution in [0.4, 0.5) is 15.3 Å². The summed E-state index contributed by atoms with van der Waals surface area (Å²) in [5.74, 6) is -0.0501. The Morgan fingerprint density at radius 3 is 2.54 bits per heavy atom. The Morgan fingerprint density at radius 2 is 1.93 bits per heavy atom. The molecule has 1 fully saturated rings. The van der Waals surface area contributed by atoms with Gasteiger partial charge in [0.1, 0.15) is 5.60 Å². The van der Waals surface area contributed by atoms with Gasteiger partial charge in [0, 0.05) is 30.9 Å². The fourth-order valence-corrected chi connectivity index (χ4v) is 3.21. The second-order valence-electron chi connectivity index (χ2n) is 8.13. The highest BCUT2D eigenvalue weighted by Crippen LogP contribution is 2.20. The molecule has 28 heavy (non-hydrogen) atoms. The number of ketones is 1. The second kappa shape index (κ2) is 9.08. The van der Waals surface area contributed by atoms with E-state index >= 15 is 0 Å². The Bertz CT molecular complexity index is 727. The third-order valence-electron chi connectivity index (χ3n) is 4.54. The third kappa shape index (κ3) is 5.97. The largest absolute Gasteiger partial charge is 0.444 e. The van der Waals surface area contributed by atoms with Crippen LogP contribution in [0.15, 0.2) is 24.3 Å². The molecule has 1 aromatic rings. The normalized spacial score (nSPS) is 17.2. The van der Waals surface area contributed by atoms with Gasteiger partial charge in [0.25, 0.3) is 0 Å². The van der Waals surface area contributed by atoms with Crippen molar-refractivity contribution < 1.29 is 19.1 Å². The number of nitrogens with zero attached hydrogens (tertiary/aromatic N) is 2. The van der Waals surface area contributed by atoms with Crippen molar-refractivity contribution in [2.75, 3.05) is 25.0 Å². The van der Waals surface area contributed by atoms with Crippen molar-refractivity contribution in [1.82, 2.24) is 9.80 Å². The van der Waals surface area contributed by atoms with Crippen LogP contribution in [0.5, 0.6) is 0 Å². The van der Waals surface area contributed by atoms with Crippen LogP contribution in [0.25, 0.3) is 0 Å². The van der Waals surface area contributed by atoms with Crippen LogP contribution in [0.2, 0.25) is 0 Å². The van der Waals surface area contributed by atoms with Gasteiger partial charge in [-0.15, -0.1) is 0 Å². The molecule has 1 aromatic carbocycles. The van der Waals surface area contributed by atoms with E-state index < -0.39 is 5.60 Å². The smallest absolute Gasteiger partial charge is 0.410 e. The molecular weight excluding hydrogens is 358 g/mol. The number of hydrogen-bond donors (Lipinski definition) is 1. The number of ether oxygens (including phenoxy) is 1. The Morgan fingerprint density at radius 1 is 1.21 bits per heavy atom. The fraction of sp³-hybridized carbons (Fsp3) is 0.571. The summed E-state index contributed by atoms with van der Waals surface area (Å²) in [4.78, 5) is 40.2. The van der Waals surface area contributed by atoms with Crippen molar-refractivity contribution in [3.63, 3.8) is 0 Å². The van der Waals surface area contributed by atoms with E-state index in [2.05, 4.69) is 12.2 Å². The third-order valence-corrected chi connectivity index (χ3v) is 4.54. The number of hydrogen-bond acceptors (Lipinski definition) is 4. The maximum Gasteiger partial charge on any atom is 0.410 e. The number of rotatable bonds is 4. The van der Waals surface area contributed by atoms with E-state index in [0.29, 0.717) is 30.9 Å². The van der Waals surface area contributed by atoms with Crippen molar-refractivity contribution in [2.45, 2.75) is 59.1 Å². The molecule has 1 atom stereocenters. The van der Waals surface area contributed by atoms with Gasteiger partial charge in [-0.2, -0.15) is 0 Å². The summed E-state index contributed by atoms with van der Waals surface area (Å²) >= 11 is 0. The minimum absolute atomic E-state index is 0.0501. The number of Topliss-reactive ketones (excluding diaryl/α,β-unsaturated/α-hetero) is 1. The highest BCUT2D eigenvalue weighted by molar-refractivity contribution is 5.96. The van der Waals surface area contributed by atoms with Gasteiger partial charge in [0.2, 0.25) is 0 Å². The second-order valence-corrected chi connectivity index (χ2v) is 8.13. The predicted molar refractivity (Wildman–Crippen MR) is 109 cm³/mol. The average molecular weight is 389 g/mol. The van der Waals surface area contributed by atoms with Crippen LogP contribution in [-0.2, 0) is 4.74 Å². The number of piperazine rings is 1. The van der Waals surface area contributed by atoms with Crippen LogP contribution < -0.4 is 5.32 Å². The van der Waals surface area contributed by atoms with Crippen LogP contribution in [0, 0.1) is 0 Å². The molecule has 0 unspecified atom stereocenters. The molecule has 1 saturated heterocycles. The number of carbonyl (C=O) groups is 3. The SMILES string of the molecule is CCC[C@@H]1CN(C(=O)OC(C)(C)C)CCN1C(=O)Nc1cccc(C(C)=O)c1. The Balaban J connectivity index is 2.06. The molecule has 0 spiro atoms. The molecule has 0 radical (unpaired) electrons. The first-order valence-electron chi connectivity index (χ1n) is 9.77. The summed E-state index contributed by atoms with van der Waals surface area (Å²) in [6, 6.07) is 6.60. The molecule has 1 N–H and O–H groups in total. The molecule has 3 amide bonds. The molecule has 2 rings (SSSR count). The van der Waals surface area contributed by atoms with E-state index in [1.54, 1.807) is 34.1 Å². The molecule has 0 bridgehead atoms. The summed E-state index contributed by atoms with van der Waals surface area (Å²) in [7, 11) is 0. The first-order chi connectivity index (χ1) is 13.1. The zero-order valence-electron chi connectivity index (χ0n) is 17.4. The van der Waals surface area contributed by atoms with Crippen molar-refractivity contribution in [3.05, 3.63) is 29.8 Å². The van der Waals surface area contributed by atoms with Gasteiger partial charge in [-0.3, -0.25) is 4.79 Å². The lowest BCUT2D eigenvalue weighted by molar-refractivity contribution is 0.00898. The summed E-state index contributed by atoms with van der Waals surface area (Å²) in [6.45, 7) is 10.4. The van der Waals surface area contributed by atoms with E-state index in [1.807, 2.05) is 20.8 Å². The molecule has 1 aliphatic heterocycles. The van der Waals surface area contributed by atoms with Crippen LogP contribution in [0.3, 0.4) is 0 Å². The number of amides is 3. The van der Waals surface area contributed by atoms with Crippen LogP contribution >= 0.6 is 0 Å². The molecule has 7 heteroatoms. The maximum atomic E-state index is 12.8. The Kier molecular flexibility index (Phi) is 7.05. The highest BCUT2D eigenvalue weighted by atomic mass is 16.6. The molecule has 154 valence electrons. The Labute approximate surface area is 167 Å². The topological polar surface area (TPSA) is 79.0 Å². The lowest BCUT2D eigenvalue weighted by Crippen LogP contribution is -2.58. The number of anilines is 1. The van der Waals surface area contributed by atoms with Gasteiger partial charge < -0.3 is 19.9 Å². The highest BCUT2D eigenvalue weighted by Gasteiger charge is 2.33. The molecular formula is C21H31N3O4. The summed E-state index contributed by atoms with van der Waals surface area (Å²) < 4.78 is 5.47. The van der Waals surface area contributed by atoms with Gasteiger partial charge in [0.05, 0.1) is 6.04 Å². The van der Waals surface area contributed by atoms with E-state index in [9.17, 15) is 14.4 Å². The summed E-state index contributed by atoms with van der Waals surface area (Å²) in [5.41, 5.74) is 0.591.